The zero-order valence-corrected chi connectivity index (χ0v) is 25.1. The highest BCUT2D eigenvalue weighted by Crippen LogP contribution is 2.41. The lowest BCUT2D eigenvalue weighted by Crippen LogP contribution is -2.21. The molecule has 2 aliphatic rings. The summed E-state index contributed by atoms with van der Waals surface area (Å²) < 4.78 is 5.83. The molecule has 0 saturated carbocycles. The number of nitro groups is 1. The van der Waals surface area contributed by atoms with Gasteiger partial charge in [0.2, 0.25) is 5.28 Å². The summed E-state index contributed by atoms with van der Waals surface area (Å²) in [6, 6.07) is 18.3. The summed E-state index contributed by atoms with van der Waals surface area (Å²) in [6.07, 6.45) is 6.38. The summed E-state index contributed by atoms with van der Waals surface area (Å²) in [5, 5.41) is 19.6. The summed E-state index contributed by atoms with van der Waals surface area (Å²) in [4.78, 5) is 39.1. The molecular weight excluding hydrogens is 606 g/mol. The molecule has 0 fully saturated rings. The van der Waals surface area contributed by atoms with Crippen molar-refractivity contribution in [1.29, 1.82) is 0 Å². The fraction of sp³-hybridized carbons (Fsp3) is 0.212. The Labute approximate surface area is 267 Å². The number of fused-ring (bicyclic) bond motifs is 4. The Hall–Kier alpha value is -5.49. The summed E-state index contributed by atoms with van der Waals surface area (Å²) in [5.74, 6) is 1.86. The van der Waals surface area contributed by atoms with E-state index in [-0.39, 0.29) is 28.0 Å². The zero-order chi connectivity index (χ0) is 31.2. The van der Waals surface area contributed by atoms with E-state index in [0.29, 0.717) is 52.5 Å². The van der Waals surface area contributed by atoms with Crippen molar-refractivity contribution in [1.82, 2.24) is 29.9 Å². The average molecular weight is 632 g/mol. The SMILES string of the molecule is O=[N+]([O-])c1cc2c(cc1-c1ccc3nc(Cl)nc(NC4CCOc5ccccc54)c3n1)CCCC2Nc1ncnc2cccnc12. The molecule has 2 aromatic carbocycles. The van der Waals surface area contributed by atoms with Gasteiger partial charge in [0, 0.05) is 24.2 Å². The first-order chi connectivity index (χ1) is 22.5. The Balaban J connectivity index is 1.19. The number of para-hydroxylation sites is 1. The molecule has 13 heteroatoms. The van der Waals surface area contributed by atoms with Gasteiger partial charge in [0.15, 0.2) is 11.6 Å². The Morgan fingerprint density at radius 3 is 2.63 bits per heavy atom. The molecule has 6 aromatic rings. The number of nitrogens with zero attached hydrogens (tertiary/aromatic N) is 7. The number of nitrogens with one attached hydrogen (secondary N) is 2. The van der Waals surface area contributed by atoms with E-state index < -0.39 is 0 Å². The van der Waals surface area contributed by atoms with Crippen LogP contribution in [-0.4, -0.2) is 41.4 Å². The molecule has 0 spiro atoms. The van der Waals surface area contributed by atoms with E-state index in [1.165, 1.54) is 6.33 Å². The second kappa shape index (κ2) is 11.5. The maximum absolute atomic E-state index is 12.5. The highest BCUT2D eigenvalue weighted by Gasteiger charge is 2.29. The van der Waals surface area contributed by atoms with Crippen molar-refractivity contribution in [2.75, 3.05) is 17.2 Å². The van der Waals surface area contributed by atoms with E-state index in [1.54, 1.807) is 24.4 Å². The number of hydrogen-bond acceptors (Lipinski definition) is 11. The molecule has 2 unspecified atom stereocenters. The molecular formula is C33H26ClN9O3. The number of rotatable bonds is 6. The number of hydrogen-bond donors (Lipinski definition) is 2. The van der Waals surface area contributed by atoms with Crippen molar-refractivity contribution in [3.8, 4) is 17.0 Å². The fourth-order valence-corrected chi connectivity index (χ4v) is 6.58. The van der Waals surface area contributed by atoms with Crippen LogP contribution in [0.25, 0.3) is 33.3 Å². The lowest BCUT2D eigenvalue weighted by Gasteiger charge is -2.27. The molecule has 4 aromatic heterocycles. The van der Waals surface area contributed by atoms with Crippen LogP contribution in [-0.2, 0) is 6.42 Å². The minimum atomic E-state index is -0.356. The van der Waals surface area contributed by atoms with Crippen LogP contribution in [0.5, 0.6) is 5.75 Å². The lowest BCUT2D eigenvalue weighted by atomic mass is 9.85. The fourth-order valence-electron chi connectivity index (χ4n) is 6.41. The summed E-state index contributed by atoms with van der Waals surface area (Å²) in [6.45, 7) is 0.547. The topological polar surface area (TPSA) is 154 Å². The summed E-state index contributed by atoms with van der Waals surface area (Å²) >= 11 is 6.33. The number of pyridine rings is 2. The molecule has 8 rings (SSSR count). The van der Waals surface area contributed by atoms with Crippen LogP contribution in [0.15, 0.2) is 73.2 Å². The van der Waals surface area contributed by atoms with Gasteiger partial charge in [-0.2, -0.15) is 4.98 Å². The number of anilines is 2. The first kappa shape index (κ1) is 28.0. The molecule has 1 aliphatic carbocycles. The van der Waals surface area contributed by atoms with Gasteiger partial charge in [0.1, 0.15) is 23.1 Å². The first-order valence-corrected chi connectivity index (χ1v) is 15.4. The van der Waals surface area contributed by atoms with Crippen LogP contribution in [0.3, 0.4) is 0 Å². The van der Waals surface area contributed by atoms with Crippen molar-refractivity contribution in [2.24, 2.45) is 0 Å². The Morgan fingerprint density at radius 1 is 0.848 bits per heavy atom. The molecule has 46 heavy (non-hydrogen) atoms. The largest absolute Gasteiger partial charge is 0.493 e. The van der Waals surface area contributed by atoms with E-state index in [9.17, 15) is 10.1 Å². The van der Waals surface area contributed by atoms with Gasteiger partial charge in [-0.3, -0.25) is 15.1 Å². The van der Waals surface area contributed by atoms with E-state index in [2.05, 4.69) is 35.6 Å². The quantitative estimate of drug-likeness (QED) is 0.111. The number of aromatic nitrogens is 6. The summed E-state index contributed by atoms with van der Waals surface area (Å²) in [5.41, 5.74) is 6.10. The molecule has 0 saturated heterocycles. The van der Waals surface area contributed by atoms with Gasteiger partial charge in [-0.1, -0.05) is 18.2 Å². The predicted molar refractivity (Wildman–Crippen MR) is 174 cm³/mol. The molecule has 12 nitrogen and oxygen atoms in total. The van der Waals surface area contributed by atoms with Gasteiger partial charge >= 0.3 is 0 Å². The van der Waals surface area contributed by atoms with E-state index in [0.717, 1.165) is 47.2 Å². The van der Waals surface area contributed by atoms with Crippen LogP contribution in [0.4, 0.5) is 17.3 Å². The molecule has 228 valence electrons. The molecule has 0 bridgehead atoms. The Morgan fingerprint density at radius 2 is 1.72 bits per heavy atom. The highest BCUT2D eigenvalue weighted by molar-refractivity contribution is 6.28. The first-order valence-electron chi connectivity index (χ1n) is 15.0. The number of halogens is 1. The van der Waals surface area contributed by atoms with Crippen LogP contribution in [0.1, 0.15) is 48.0 Å². The summed E-state index contributed by atoms with van der Waals surface area (Å²) in [7, 11) is 0. The Kier molecular flexibility index (Phi) is 6.98. The second-order valence-corrected chi connectivity index (χ2v) is 11.6. The van der Waals surface area contributed by atoms with E-state index in [4.69, 9.17) is 21.3 Å². The van der Waals surface area contributed by atoms with Gasteiger partial charge in [-0.05, 0) is 78.4 Å². The van der Waals surface area contributed by atoms with E-state index in [1.807, 2.05) is 42.5 Å². The van der Waals surface area contributed by atoms with Gasteiger partial charge in [-0.25, -0.2) is 19.9 Å². The minimum Gasteiger partial charge on any atom is -0.493 e. The normalized spacial score (nSPS) is 17.2. The number of ether oxygens (including phenoxy) is 1. The Bertz CT molecular complexity index is 2160. The van der Waals surface area contributed by atoms with Gasteiger partial charge in [-0.15, -0.1) is 0 Å². The van der Waals surface area contributed by atoms with E-state index >= 15 is 0 Å². The monoisotopic (exact) mass is 631 g/mol. The van der Waals surface area contributed by atoms with Crippen molar-refractivity contribution in [3.63, 3.8) is 0 Å². The van der Waals surface area contributed by atoms with Crippen molar-refractivity contribution < 1.29 is 9.66 Å². The number of aryl methyl sites for hydroxylation is 1. The molecule has 2 N–H and O–H groups in total. The van der Waals surface area contributed by atoms with Crippen LogP contribution >= 0.6 is 11.6 Å². The van der Waals surface area contributed by atoms with Gasteiger partial charge in [0.25, 0.3) is 5.69 Å². The molecule has 5 heterocycles. The van der Waals surface area contributed by atoms with Crippen LogP contribution in [0, 0.1) is 10.1 Å². The smallest absolute Gasteiger partial charge is 0.279 e. The molecule has 1 aliphatic heterocycles. The average Bonchev–Trinajstić information content (AvgIpc) is 3.08. The van der Waals surface area contributed by atoms with Crippen LogP contribution in [0.2, 0.25) is 5.28 Å². The third-order valence-electron chi connectivity index (χ3n) is 8.53. The van der Waals surface area contributed by atoms with Crippen molar-refractivity contribution in [2.45, 2.75) is 37.8 Å². The van der Waals surface area contributed by atoms with Crippen LogP contribution < -0.4 is 15.4 Å². The minimum absolute atomic E-state index is 0.0345. The predicted octanol–water partition coefficient (Wildman–Crippen LogP) is 7.02. The van der Waals surface area contributed by atoms with Crippen molar-refractivity contribution in [3.05, 3.63) is 105 Å². The number of nitro benzene ring substituents is 1. The third-order valence-corrected chi connectivity index (χ3v) is 8.70. The molecule has 0 amide bonds. The highest BCUT2D eigenvalue weighted by atomic mass is 35.5. The van der Waals surface area contributed by atoms with Crippen molar-refractivity contribution >= 4 is 51.0 Å². The zero-order valence-electron chi connectivity index (χ0n) is 24.4. The maximum Gasteiger partial charge on any atom is 0.279 e. The lowest BCUT2D eigenvalue weighted by molar-refractivity contribution is -0.384. The second-order valence-electron chi connectivity index (χ2n) is 11.3. The number of benzene rings is 2. The molecule has 2 atom stereocenters. The molecule has 0 radical (unpaired) electrons. The third kappa shape index (κ3) is 5.06. The van der Waals surface area contributed by atoms with Gasteiger partial charge < -0.3 is 15.4 Å². The standard InChI is InChI=1S/C33H26ClN9O3/c34-33-41-26-11-10-23(38-30(26)32(42-33)40-24-12-14-46-28-9-2-1-6-19(24)28)21-15-18-5-3-7-22(20(18)16-27(21)43(44)45)39-31-29-25(36-17-37-31)8-4-13-35-29/h1-2,4,6,8-11,13,15-17,22,24H,3,5,7,12,14H2,(H,36,37,39)(H,40,41,42). The van der Waals surface area contributed by atoms with Gasteiger partial charge in [0.05, 0.1) is 45.9 Å². The maximum atomic E-state index is 12.5.